The number of esters is 1. The number of carbonyl (C=O) groups is 2. The number of hydrazone groups is 1. The maximum atomic E-state index is 12.5. The Hall–Kier alpha value is -3.48. The van der Waals surface area contributed by atoms with Gasteiger partial charge in [-0.15, -0.1) is 5.10 Å². The quantitative estimate of drug-likeness (QED) is 0.370. The summed E-state index contributed by atoms with van der Waals surface area (Å²) in [6, 6.07) is 10.7. The second-order valence-corrected chi connectivity index (χ2v) is 10.5. The van der Waals surface area contributed by atoms with Crippen molar-refractivity contribution in [3.8, 4) is 11.5 Å². The number of methoxy groups -OCH3 is 1. The van der Waals surface area contributed by atoms with Crippen LogP contribution >= 0.6 is 23.4 Å². The summed E-state index contributed by atoms with van der Waals surface area (Å²) < 4.78 is 34.0. The molecule has 2 aliphatic heterocycles. The van der Waals surface area contributed by atoms with E-state index >= 15 is 0 Å². The Kier molecular flexibility index (Phi) is 6.30. The Balaban J connectivity index is 1.60. The van der Waals surface area contributed by atoms with E-state index in [1.807, 2.05) is 0 Å². The fourth-order valence-corrected chi connectivity index (χ4v) is 4.70. The molecule has 0 unspecified atom stereocenters. The summed E-state index contributed by atoms with van der Waals surface area (Å²) in [5.74, 6) is -1.29. The molecule has 0 spiro atoms. The standard InChI is InChI=1S/C21H15ClN4O6S2/c1-31-16-10-11(3-8-15(16)32-19(28)12-4-6-13(22)7-5-12)9-14-17(23)26-20(24-18(14)27)33-21(25-26)34(2,29)30/h3-10,23H,1-2H3/b14-9+,23-17?. The molecule has 0 aliphatic carbocycles. The number of aliphatic imine (C=N–C) groups is 1. The second-order valence-electron chi connectivity index (χ2n) is 6.96. The number of hydrogen-bond acceptors (Lipinski definition) is 9. The van der Waals surface area contributed by atoms with Gasteiger partial charge < -0.3 is 9.47 Å². The van der Waals surface area contributed by atoms with Crippen LogP contribution in [-0.2, 0) is 14.6 Å². The van der Waals surface area contributed by atoms with E-state index in [9.17, 15) is 18.0 Å². The van der Waals surface area contributed by atoms with Gasteiger partial charge in [0.05, 0.1) is 18.2 Å². The van der Waals surface area contributed by atoms with Crippen molar-refractivity contribution in [1.82, 2.24) is 5.01 Å². The molecule has 2 aliphatic rings. The van der Waals surface area contributed by atoms with Gasteiger partial charge in [0.2, 0.25) is 19.4 Å². The highest BCUT2D eigenvalue weighted by atomic mass is 35.5. The first-order valence-corrected chi connectivity index (χ1v) is 12.5. The monoisotopic (exact) mass is 518 g/mol. The van der Waals surface area contributed by atoms with Crippen LogP contribution in [0.15, 0.2) is 58.1 Å². The van der Waals surface area contributed by atoms with Crippen LogP contribution in [-0.4, -0.2) is 54.0 Å². The first-order chi connectivity index (χ1) is 16.1. The van der Waals surface area contributed by atoms with Crippen LogP contribution in [0.5, 0.6) is 11.5 Å². The molecule has 0 radical (unpaired) electrons. The van der Waals surface area contributed by atoms with E-state index in [1.54, 1.807) is 18.2 Å². The normalized spacial score (nSPS) is 16.8. The Labute approximate surface area is 203 Å². The third-order valence-electron chi connectivity index (χ3n) is 4.53. The minimum atomic E-state index is -3.63. The van der Waals surface area contributed by atoms with E-state index < -0.39 is 21.7 Å². The summed E-state index contributed by atoms with van der Waals surface area (Å²) in [5.41, 5.74) is 0.648. The molecule has 1 N–H and O–H groups in total. The molecule has 13 heteroatoms. The largest absolute Gasteiger partial charge is 0.493 e. The summed E-state index contributed by atoms with van der Waals surface area (Å²) in [5, 5.41) is 13.7. The van der Waals surface area contributed by atoms with Crippen molar-refractivity contribution in [3.05, 3.63) is 64.2 Å². The van der Waals surface area contributed by atoms with Crippen LogP contribution in [0.2, 0.25) is 5.02 Å². The predicted molar refractivity (Wildman–Crippen MR) is 129 cm³/mol. The maximum absolute atomic E-state index is 12.5. The van der Waals surface area contributed by atoms with Crippen molar-refractivity contribution < 1.29 is 27.5 Å². The molecule has 174 valence electrons. The summed E-state index contributed by atoms with van der Waals surface area (Å²) in [6.07, 6.45) is 2.37. The molecule has 2 aromatic carbocycles. The van der Waals surface area contributed by atoms with Crippen molar-refractivity contribution in [2.45, 2.75) is 0 Å². The number of thioether (sulfide) groups is 1. The minimum Gasteiger partial charge on any atom is -0.493 e. The topological polar surface area (TPSA) is 139 Å². The van der Waals surface area contributed by atoms with E-state index in [-0.39, 0.29) is 32.5 Å². The molecule has 0 aromatic heterocycles. The predicted octanol–water partition coefficient (Wildman–Crippen LogP) is 3.19. The fourth-order valence-electron chi connectivity index (χ4n) is 2.89. The smallest absolute Gasteiger partial charge is 0.343 e. The average molecular weight is 519 g/mol. The number of ether oxygens (including phenoxy) is 2. The third kappa shape index (κ3) is 4.74. The molecule has 2 aromatic rings. The highest BCUT2D eigenvalue weighted by molar-refractivity contribution is 8.42. The van der Waals surface area contributed by atoms with Gasteiger partial charge in [0.15, 0.2) is 17.3 Å². The van der Waals surface area contributed by atoms with Crippen molar-refractivity contribution in [3.63, 3.8) is 0 Å². The Morgan fingerprint density at radius 2 is 1.88 bits per heavy atom. The number of sulfone groups is 1. The Morgan fingerprint density at radius 1 is 1.18 bits per heavy atom. The van der Waals surface area contributed by atoms with Crippen molar-refractivity contribution >= 4 is 66.5 Å². The zero-order valence-corrected chi connectivity index (χ0v) is 20.0. The molecule has 0 fully saturated rings. The fraction of sp³-hybridized carbons (Fsp3) is 0.0952. The molecule has 4 rings (SSSR count). The van der Waals surface area contributed by atoms with E-state index in [1.165, 1.54) is 37.5 Å². The highest BCUT2D eigenvalue weighted by Crippen LogP contribution is 2.32. The lowest BCUT2D eigenvalue weighted by Crippen LogP contribution is -2.35. The Morgan fingerprint density at radius 3 is 2.53 bits per heavy atom. The van der Waals surface area contributed by atoms with Gasteiger partial charge in [-0.05, 0) is 59.8 Å². The molecule has 2 heterocycles. The first-order valence-electron chi connectivity index (χ1n) is 9.43. The van der Waals surface area contributed by atoms with E-state index in [2.05, 4.69) is 10.1 Å². The van der Waals surface area contributed by atoms with Crippen LogP contribution in [0.4, 0.5) is 0 Å². The molecule has 1 amide bonds. The van der Waals surface area contributed by atoms with Gasteiger partial charge in [-0.1, -0.05) is 17.7 Å². The van der Waals surface area contributed by atoms with Crippen LogP contribution in [0.3, 0.4) is 0 Å². The molecule has 10 nitrogen and oxygen atoms in total. The number of nitrogens with zero attached hydrogens (tertiary/aromatic N) is 3. The SMILES string of the molecule is COc1cc(/C=C2\C(=N)N3N=C(S(C)(=O)=O)SC3=NC2=O)ccc1OC(=O)c1ccc(Cl)cc1. The summed E-state index contributed by atoms with van der Waals surface area (Å²) in [6.45, 7) is 0. The lowest BCUT2D eigenvalue weighted by Gasteiger charge is -2.20. The van der Waals surface area contributed by atoms with Gasteiger partial charge in [-0.2, -0.15) is 10.0 Å². The zero-order valence-electron chi connectivity index (χ0n) is 17.6. The maximum Gasteiger partial charge on any atom is 0.343 e. The number of benzene rings is 2. The molecular formula is C21H15ClN4O6S2. The molecule has 0 saturated heterocycles. The van der Waals surface area contributed by atoms with Crippen LogP contribution in [0.1, 0.15) is 15.9 Å². The van der Waals surface area contributed by atoms with Crippen LogP contribution in [0, 0.1) is 5.41 Å². The molecule has 0 bridgehead atoms. The lowest BCUT2D eigenvalue weighted by atomic mass is 10.1. The van der Waals surface area contributed by atoms with Gasteiger partial charge in [-0.3, -0.25) is 10.2 Å². The lowest BCUT2D eigenvalue weighted by molar-refractivity contribution is -0.114. The molecule has 0 atom stereocenters. The molecular weight excluding hydrogens is 504 g/mol. The number of fused-ring (bicyclic) bond motifs is 1. The number of amidine groups is 2. The minimum absolute atomic E-state index is 0.00499. The number of hydrogen-bond donors (Lipinski definition) is 1. The summed E-state index contributed by atoms with van der Waals surface area (Å²) in [4.78, 5) is 28.8. The number of amides is 1. The first kappa shape index (κ1) is 23.7. The van der Waals surface area contributed by atoms with Crippen LogP contribution in [0.25, 0.3) is 6.08 Å². The van der Waals surface area contributed by atoms with Gasteiger partial charge >= 0.3 is 5.97 Å². The van der Waals surface area contributed by atoms with Gasteiger partial charge in [-0.25, -0.2) is 13.2 Å². The highest BCUT2D eigenvalue weighted by Gasteiger charge is 2.38. The van der Waals surface area contributed by atoms with Crippen molar-refractivity contribution in [2.75, 3.05) is 13.4 Å². The third-order valence-corrected chi connectivity index (χ3v) is 7.36. The zero-order chi connectivity index (χ0) is 24.6. The van der Waals surface area contributed by atoms with Gasteiger partial charge in [0.25, 0.3) is 5.91 Å². The number of nitrogens with one attached hydrogen (secondary N) is 1. The summed E-state index contributed by atoms with van der Waals surface area (Å²) >= 11 is 6.54. The average Bonchev–Trinajstić information content (AvgIpc) is 3.22. The number of rotatable bonds is 4. The van der Waals surface area contributed by atoms with Gasteiger partial charge in [0, 0.05) is 11.3 Å². The molecule has 0 saturated carbocycles. The van der Waals surface area contributed by atoms with Crippen molar-refractivity contribution in [2.24, 2.45) is 10.1 Å². The van der Waals surface area contributed by atoms with E-state index in [0.717, 1.165) is 11.3 Å². The Bertz CT molecular complexity index is 1430. The number of carbonyl (C=O) groups excluding carboxylic acids is 2. The second kappa shape index (κ2) is 9.05. The molecule has 34 heavy (non-hydrogen) atoms. The van der Waals surface area contributed by atoms with Crippen LogP contribution < -0.4 is 9.47 Å². The van der Waals surface area contributed by atoms with E-state index in [0.29, 0.717) is 27.9 Å². The number of halogens is 1. The van der Waals surface area contributed by atoms with Gasteiger partial charge in [0.1, 0.15) is 0 Å². The summed E-state index contributed by atoms with van der Waals surface area (Å²) in [7, 11) is -2.24. The van der Waals surface area contributed by atoms with Crippen molar-refractivity contribution in [1.29, 1.82) is 5.41 Å². The van der Waals surface area contributed by atoms with E-state index in [4.69, 9.17) is 26.5 Å².